The van der Waals surface area contributed by atoms with Crippen LogP contribution in [-0.2, 0) is 0 Å². The van der Waals surface area contributed by atoms with Gasteiger partial charge in [-0.15, -0.1) is 12.4 Å². The first kappa shape index (κ1) is 14.0. The Kier molecular flexibility index (Phi) is 4.17. The van der Waals surface area contributed by atoms with E-state index >= 15 is 0 Å². The smallest absolute Gasteiger partial charge is 0.185 e. The Labute approximate surface area is 116 Å². The number of fused-ring (bicyclic) bond motifs is 1. The molecule has 1 N–H and O–H groups in total. The number of nitrogens with one attached hydrogen (secondary N) is 1. The largest absolute Gasteiger partial charge is 0.368 e. The molecule has 19 heavy (non-hydrogen) atoms. The van der Waals surface area contributed by atoms with Crippen LogP contribution in [-0.4, -0.2) is 31.2 Å². The van der Waals surface area contributed by atoms with E-state index in [0.717, 1.165) is 37.9 Å². The fourth-order valence-electron chi connectivity index (χ4n) is 2.33. The van der Waals surface area contributed by atoms with Crippen LogP contribution in [0.4, 0.5) is 14.5 Å². The molecule has 1 fully saturated rings. The van der Waals surface area contributed by atoms with Gasteiger partial charge in [-0.25, -0.2) is 8.78 Å². The Balaban J connectivity index is 0.00000133. The predicted molar refractivity (Wildman–Crippen MR) is 74.0 cm³/mol. The van der Waals surface area contributed by atoms with Gasteiger partial charge < -0.3 is 10.2 Å². The van der Waals surface area contributed by atoms with E-state index in [1.807, 2.05) is 6.07 Å². The Bertz CT molecular complexity index is 585. The zero-order valence-corrected chi connectivity index (χ0v) is 11.0. The van der Waals surface area contributed by atoms with E-state index in [4.69, 9.17) is 0 Å². The second kappa shape index (κ2) is 5.67. The van der Waals surface area contributed by atoms with Crippen molar-refractivity contribution in [1.29, 1.82) is 0 Å². The van der Waals surface area contributed by atoms with Crippen molar-refractivity contribution in [2.75, 3.05) is 31.1 Å². The number of hydrogen-bond acceptors (Lipinski definition) is 3. The van der Waals surface area contributed by atoms with Crippen molar-refractivity contribution in [2.45, 2.75) is 0 Å². The van der Waals surface area contributed by atoms with Gasteiger partial charge >= 0.3 is 0 Å². The summed E-state index contributed by atoms with van der Waals surface area (Å²) < 4.78 is 26.9. The third-order valence-electron chi connectivity index (χ3n) is 3.24. The Hall–Kier alpha value is -1.46. The minimum Gasteiger partial charge on any atom is -0.368 e. The average molecular weight is 286 g/mol. The van der Waals surface area contributed by atoms with Crippen LogP contribution in [0.15, 0.2) is 24.4 Å². The van der Waals surface area contributed by atoms with Crippen molar-refractivity contribution in [3.05, 3.63) is 36.0 Å². The molecular weight excluding hydrogens is 272 g/mol. The number of halogens is 3. The van der Waals surface area contributed by atoms with Crippen LogP contribution in [0.1, 0.15) is 0 Å². The van der Waals surface area contributed by atoms with E-state index in [9.17, 15) is 8.78 Å². The van der Waals surface area contributed by atoms with Crippen LogP contribution in [0.5, 0.6) is 0 Å². The van der Waals surface area contributed by atoms with Crippen LogP contribution in [0.25, 0.3) is 10.9 Å². The van der Waals surface area contributed by atoms with Crippen LogP contribution in [0, 0.1) is 11.6 Å². The molecule has 0 radical (unpaired) electrons. The maximum absolute atomic E-state index is 13.7. The lowest BCUT2D eigenvalue weighted by Crippen LogP contribution is -2.43. The Morgan fingerprint density at radius 1 is 1.11 bits per heavy atom. The van der Waals surface area contributed by atoms with Crippen molar-refractivity contribution in [2.24, 2.45) is 0 Å². The van der Waals surface area contributed by atoms with Crippen molar-refractivity contribution in [3.8, 4) is 0 Å². The lowest BCUT2D eigenvalue weighted by Gasteiger charge is -2.30. The third-order valence-corrected chi connectivity index (χ3v) is 3.24. The van der Waals surface area contributed by atoms with E-state index in [2.05, 4.69) is 15.2 Å². The summed E-state index contributed by atoms with van der Waals surface area (Å²) in [5.74, 6) is -1.73. The SMILES string of the molecule is Cl.Fc1ccc2c(N3CCNCC3)ccnc2c1F. The summed E-state index contributed by atoms with van der Waals surface area (Å²) >= 11 is 0. The number of rotatable bonds is 1. The van der Waals surface area contributed by atoms with Crippen molar-refractivity contribution in [3.63, 3.8) is 0 Å². The normalized spacial score (nSPS) is 15.4. The average Bonchev–Trinajstić information content (AvgIpc) is 2.43. The van der Waals surface area contributed by atoms with Crippen LogP contribution >= 0.6 is 12.4 Å². The van der Waals surface area contributed by atoms with Gasteiger partial charge in [-0.1, -0.05) is 0 Å². The van der Waals surface area contributed by atoms with Crippen molar-refractivity contribution in [1.82, 2.24) is 10.3 Å². The number of aromatic nitrogens is 1. The lowest BCUT2D eigenvalue weighted by molar-refractivity contribution is 0.515. The molecule has 0 spiro atoms. The molecule has 102 valence electrons. The van der Waals surface area contributed by atoms with Gasteiger partial charge in [0.15, 0.2) is 11.6 Å². The van der Waals surface area contributed by atoms with Gasteiger partial charge in [0, 0.05) is 43.4 Å². The van der Waals surface area contributed by atoms with Gasteiger partial charge in [0.25, 0.3) is 0 Å². The molecule has 0 bridgehead atoms. The van der Waals surface area contributed by atoms with Crippen molar-refractivity contribution >= 4 is 29.0 Å². The molecule has 1 aromatic carbocycles. The lowest BCUT2D eigenvalue weighted by atomic mass is 10.1. The molecule has 2 aromatic rings. The standard InChI is InChI=1S/C13H13F2N3.ClH/c14-10-2-1-9-11(18-7-5-16-6-8-18)3-4-17-13(9)12(10)15;/h1-4,16H,5-8H2;1H. The van der Waals surface area contributed by atoms with Gasteiger partial charge in [-0.05, 0) is 18.2 Å². The molecule has 3 nitrogen and oxygen atoms in total. The van der Waals surface area contributed by atoms with E-state index < -0.39 is 11.6 Å². The molecule has 0 atom stereocenters. The molecule has 0 amide bonds. The molecule has 1 aromatic heterocycles. The molecule has 3 rings (SSSR count). The zero-order chi connectivity index (χ0) is 12.5. The second-order valence-electron chi connectivity index (χ2n) is 4.32. The molecule has 0 aliphatic carbocycles. The number of piperazine rings is 1. The number of nitrogens with zero attached hydrogens (tertiary/aromatic N) is 2. The van der Waals surface area contributed by atoms with Gasteiger partial charge in [0.1, 0.15) is 5.52 Å². The van der Waals surface area contributed by atoms with Gasteiger partial charge in [0.2, 0.25) is 0 Å². The monoisotopic (exact) mass is 285 g/mol. The van der Waals surface area contributed by atoms with Crippen LogP contribution in [0.2, 0.25) is 0 Å². The molecule has 2 heterocycles. The molecule has 1 saturated heterocycles. The van der Waals surface area contributed by atoms with E-state index in [1.54, 1.807) is 6.07 Å². The summed E-state index contributed by atoms with van der Waals surface area (Å²) in [5.41, 5.74) is 1.02. The molecule has 1 aliphatic rings. The van der Waals surface area contributed by atoms with E-state index in [1.165, 1.54) is 6.20 Å². The quantitative estimate of drug-likeness (QED) is 0.872. The predicted octanol–water partition coefficient (Wildman–Crippen LogP) is 2.34. The fraction of sp³-hybridized carbons (Fsp3) is 0.308. The topological polar surface area (TPSA) is 28.2 Å². The van der Waals surface area contributed by atoms with Crippen LogP contribution in [0.3, 0.4) is 0 Å². The first-order valence-corrected chi connectivity index (χ1v) is 5.96. The first-order valence-electron chi connectivity index (χ1n) is 5.96. The molecule has 6 heteroatoms. The minimum absolute atomic E-state index is 0. The number of benzene rings is 1. The first-order chi connectivity index (χ1) is 8.77. The maximum Gasteiger partial charge on any atom is 0.185 e. The summed E-state index contributed by atoms with van der Waals surface area (Å²) in [7, 11) is 0. The van der Waals surface area contributed by atoms with E-state index in [-0.39, 0.29) is 17.9 Å². The molecular formula is C13H14ClF2N3. The van der Waals surface area contributed by atoms with Gasteiger partial charge in [0.05, 0.1) is 0 Å². The zero-order valence-electron chi connectivity index (χ0n) is 10.2. The maximum atomic E-state index is 13.7. The summed E-state index contributed by atoms with van der Waals surface area (Å²) in [5, 5.41) is 3.93. The number of pyridine rings is 1. The highest BCUT2D eigenvalue weighted by Gasteiger charge is 2.16. The minimum atomic E-state index is -0.871. The molecule has 0 unspecified atom stereocenters. The third kappa shape index (κ3) is 2.48. The second-order valence-corrected chi connectivity index (χ2v) is 4.32. The van der Waals surface area contributed by atoms with Gasteiger partial charge in [-0.2, -0.15) is 0 Å². The number of hydrogen-bond donors (Lipinski definition) is 1. The molecule has 0 saturated carbocycles. The van der Waals surface area contributed by atoms with E-state index in [0.29, 0.717) is 5.39 Å². The fourth-order valence-corrected chi connectivity index (χ4v) is 2.33. The van der Waals surface area contributed by atoms with Crippen molar-refractivity contribution < 1.29 is 8.78 Å². The van der Waals surface area contributed by atoms with Gasteiger partial charge in [-0.3, -0.25) is 4.98 Å². The highest BCUT2D eigenvalue weighted by Crippen LogP contribution is 2.28. The van der Waals surface area contributed by atoms with Crippen LogP contribution < -0.4 is 10.2 Å². The molecule has 1 aliphatic heterocycles. The highest BCUT2D eigenvalue weighted by molar-refractivity contribution is 5.92. The summed E-state index contributed by atoms with van der Waals surface area (Å²) in [4.78, 5) is 6.10. The Morgan fingerprint density at radius 3 is 2.58 bits per heavy atom. The summed E-state index contributed by atoms with van der Waals surface area (Å²) in [6.45, 7) is 3.51. The summed E-state index contributed by atoms with van der Waals surface area (Å²) in [6, 6.07) is 4.61. The number of anilines is 1. The summed E-state index contributed by atoms with van der Waals surface area (Å²) in [6.07, 6.45) is 1.53. The highest BCUT2D eigenvalue weighted by atomic mass is 35.5. The Morgan fingerprint density at radius 2 is 1.84 bits per heavy atom.